The SMILES string of the molecule is C=CCC(NC(=O)C(Cc1ccccc1)NC(=O)C(Cc1ccccc1)NC(=O)OC(C)(C)C)C(=O)OC. The highest BCUT2D eigenvalue weighted by Gasteiger charge is 2.31. The highest BCUT2D eigenvalue weighted by molar-refractivity contribution is 5.93. The molecule has 9 nitrogen and oxygen atoms in total. The number of carbonyl (C=O) groups is 4. The van der Waals surface area contributed by atoms with Crippen molar-refractivity contribution < 1.29 is 28.7 Å². The minimum Gasteiger partial charge on any atom is -0.467 e. The van der Waals surface area contributed by atoms with Gasteiger partial charge in [-0.1, -0.05) is 66.7 Å². The summed E-state index contributed by atoms with van der Waals surface area (Å²) in [6.07, 6.45) is 1.22. The van der Waals surface area contributed by atoms with Gasteiger partial charge in [-0.3, -0.25) is 9.59 Å². The maximum Gasteiger partial charge on any atom is 0.408 e. The van der Waals surface area contributed by atoms with E-state index in [0.717, 1.165) is 11.1 Å². The zero-order valence-electron chi connectivity index (χ0n) is 22.4. The molecule has 2 aromatic carbocycles. The molecular weight excluding hydrogens is 486 g/mol. The molecule has 0 saturated carbocycles. The summed E-state index contributed by atoms with van der Waals surface area (Å²) in [5, 5.41) is 8.03. The van der Waals surface area contributed by atoms with Crippen molar-refractivity contribution in [3.63, 3.8) is 0 Å². The first-order chi connectivity index (χ1) is 18.0. The van der Waals surface area contributed by atoms with Gasteiger partial charge in [0.15, 0.2) is 0 Å². The molecule has 3 N–H and O–H groups in total. The third-order valence-electron chi connectivity index (χ3n) is 5.41. The van der Waals surface area contributed by atoms with Crippen LogP contribution in [0.1, 0.15) is 38.3 Å². The van der Waals surface area contributed by atoms with E-state index in [1.165, 1.54) is 13.2 Å². The van der Waals surface area contributed by atoms with Gasteiger partial charge in [-0.15, -0.1) is 6.58 Å². The van der Waals surface area contributed by atoms with Gasteiger partial charge < -0.3 is 25.4 Å². The molecule has 0 aliphatic carbocycles. The highest BCUT2D eigenvalue weighted by Crippen LogP contribution is 2.10. The van der Waals surface area contributed by atoms with Crippen LogP contribution in [0.2, 0.25) is 0 Å². The van der Waals surface area contributed by atoms with Crippen molar-refractivity contribution >= 4 is 23.9 Å². The van der Waals surface area contributed by atoms with Crippen LogP contribution >= 0.6 is 0 Å². The summed E-state index contributed by atoms with van der Waals surface area (Å²) in [4.78, 5) is 51.5. The molecule has 0 fully saturated rings. The van der Waals surface area contributed by atoms with Crippen LogP contribution < -0.4 is 16.0 Å². The monoisotopic (exact) mass is 523 g/mol. The summed E-state index contributed by atoms with van der Waals surface area (Å²) in [5.74, 6) is -1.78. The number of alkyl carbamates (subject to hydrolysis) is 1. The number of rotatable bonds is 12. The Kier molecular flexibility index (Phi) is 11.5. The van der Waals surface area contributed by atoms with Crippen molar-refractivity contribution in [1.82, 2.24) is 16.0 Å². The number of amides is 3. The molecule has 2 aromatic rings. The topological polar surface area (TPSA) is 123 Å². The largest absolute Gasteiger partial charge is 0.467 e. The van der Waals surface area contributed by atoms with Crippen LogP contribution in [0.5, 0.6) is 0 Å². The van der Waals surface area contributed by atoms with Crippen molar-refractivity contribution in [2.24, 2.45) is 0 Å². The lowest BCUT2D eigenvalue weighted by atomic mass is 10.0. The first-order valence-electron chi connectivity index (χ1n) is 12.4. The molecule has 0 aromatic heterocycles. The van der Waals surface area contributed by atoms with Crippen LogP contribution in [-0.4, -0.2) is 54.7 Å². The Morgan fingerprint density at radius 3 is 1.66 bits per heavy atom. The van der Waals surface area contributed by atoms with Crippen molar-refractivity contribution in [1.29, 1.82) is 0 Å². The van der Waals surface area contributed by atoms with Crippen LogP contribution in [0.25, 0.3) is 0 Å². The van der Waals surface area contributed by atoms with E-state index in [1.807, 2.05) is 60.7 Å². The zero-order chi connectivity index (χ0) is 28.1. The molecular formula is C29H37N3O6. The number of nitrogens with one attached hydrogen (secondary N) is 3. The fourth-order valence-electron chi connectivity index (χ4n) is 3.64. The Morgan fingerprint density at radius 1 is 0.789 bits per heavy atom. The predicted molar refractivity (Wildman–Crippen MR) is 144 cm³/mol. The predicted octanol–water partition coefficient (Wildman–Crippen LogP) is 3.08. The molecule has 3 atom stereocenters. The van der Waals surface area contributed by atoms with Gasteiger partial charge in [0.2, 0.25) is 11.8 Å². The number of carbonyl (C=O) groups excluding carboxylic acids is 4. The molecule has 0 aliphatic heterocycles. The summed E-state index contributed by atoms with van der Waals surface area (Å²) >= 11 is 0. The number of ether oxygens (including phenoxy) is 2. The van der Waals surface area contributed by atoms with Gasteiger partial charge in [0.05, 0.1) is 7.11 Å². The van der Waals surface area contributed by atoms with Crippen LogP contribution in [-0.2, 0) is 36.7 Å². The summed E-state index contributed by atoms with van der Waals surface area (Å²) in [6, 6.07) is 15.3. The molecule has 0 heterocycles. The zero-order valence-corrected chi connectivity index (χ0v) is 22.4. The van der Waals surface area contributed by atoms with Crippen molar-refractivity contribution in [2.75, 3.05) is 7.11 Å². The Morgan fingerprint density at radius 2 is 1.24 bits per heavy atom. The first-order valence-corrected chi connectivity index (χ1v) is 12.4. The molecule has 3 unspecified atom stereocenters. The van der Waals surface area contributed by atoms with Crippen LogP contribution in [0, 0.1) is 0 Å². The third kappa shape index (κ3) is 10.5. The lowest BCUT2D eigenvalue weighted by Gasteiger charge is -2.26. The van der Waals surface area contributed by atoms with E-state index in [9.17, 15) is 19.2 Å². The lowest BCUT2D eigenvalue weighted by Crippen LogP contribution is -2.57. The molecule has 0 saturated heterocycles. The van der Waals surface area contributed by atoms with Gasteiger partial charge in [0.1, 0.15) is 23.7 Å². The van der Waals surface area contributed by atoms with E-state index in [-0.39, 0.29) is 19.3 Å². The number of methoxy groups -OCH3 is 1. The van der Waals surface area contributed by atoms with Crippen molar-refractivity contribution in [3.05, 3.63) is 84.4 Å². The Bertz CT molecular complexity index is 1080. The van der Waals surface area contributed by atoms with Gasteiger partial charge >= 0.3 is 12.1 Å². The summed E-state index contributed by atoms with van der Waals surface area (Å²) in [7, 11) is 1.23. The van der Waals surface area contributed by atoms with Gasteiger partial charge in [-0.05, 0) is 38.3 Å². The molecule has 3 amide bonds. The average Bonchev–Trinajstić information content (AvgIpc) is 2.87. The molecule has 2 rings (SSSR count). The minimum atomic E-state index is -1.04. The third-order valence-corrected chi connectivity index (χ3v) is 5.41. The number of benzene rings is 2. The first kappa shape index (κ1) is 30.1. The Balaban J connectivity index is 2.29. The van der Waals surface area contributed by atoms with E-state index in [4.69, 9.17) is 9.47 Å². The standard InChI is InChI=1S/C29H37N3O6/c1-6-13-22(27(35)37-5)30-25(33)23(18-20-14-9-7-10-15-20)31-26(34)24(19-21-16-11-8-12-17-21)32-28(36)38-29(2,3)4/h6-12,14-17,22-24H,1,13,18-19H2,2-5H3,(H,30,33)(H,31,34)(H,32,36). The highest BCUT2D eigenvalue weighted by atomic mass is 16.6. The minimum absolute atomic E-state index is 0.154. The maximum atomic E-state index is 13.5. The molecule has 0 bridgehead atoms. The molecule has 204 valence electrons. The number of hydrogen-bond acceptors (Lipinski definition) is 6. The Labute approximate surface area is 224 Å². The molecule has 0 spiro atoms. The second kappa shape index (κ2) is 14.6. The number of esters is 1. The fourth-order valence-corrected chi connectivity index (χ4v) is 3.64. The van der Waals surface area contributed by atoms with Gasteiger partial charge in [0, 0.05) is 12.8 Å². The van der Waals surface area contributed by atoms with Gasteiger partial charge in [-0.25, -0.2) is 9.59 Å². The average molecular weight is 524 g/mol. The molecule has 0 radical (unpaired) electrons. The lowest BCUT2D eigenvalue weighted by molar-refractivity contribution is -0.145. The van der Waals surface area contributed by atoms with E-state index in [0.29, 0.717) is 0 Å². The van der Waals surface area contributed by atoms with E-state index >= 15 is 0 Å². The van der Waals surface area contributed by atoms with E-state index in [2.05, 4.69) is 22.5 Å². The fraction of sp³-hybridized carbons (Fsp3) is 0.379. The maximum absolute atomic E-state index is 13.5. The summed E-state index contributed by atoms with van der Waals surface area (Å²) in [6.45, 7) is 8.79. The van der Waals surface area contributed by atoms with Crippen molar-refractivity contribution in [2.45, 2.75) is 63.8 Å². The molecule has 0 aliphatic rings. The van der Waals surface area contributed by atoms with E-state index < -0.39 is 47.6 Å². The van der Waals surface area contributed by atoms with Crippen molar-refractivity contribution in [3.8, 4) is 0 Å². The van der Waals surface area contributed by atoms with E-state index in [1.54, 1.807) is 20.8 Å². The summed E-state index contributed by atoms with van der Waals surface area (Å²) < 4.78 is 10.1. The summed E-state index contributed by atoms with van der Waals surface area (Å²) in [5.41, 5.74) is 0.845. The second-order valence-corrected chi connectivity index (χ2v) is 9.75. The quantitative estimate of drug-likeness (QED) is 0.290. The van der Waals surface area contributed by atoms with Gasteiger partial charge in [0.25, 0.3) is 0 Å². The normalized spacial score (nSPS) is 13.3. The molecule has 38 heavy (non-hydrogen) atoms. The Hall–Kier alpha value is -4.14. The number of hydrogen-bond donors (Lipinski definition) is 3. The van der Waals surface area contributed by atoms with Crippen LogP contribution in [0.3, 0.4) is 0 Å². The van der Waals surface area contributed by atoms with Crippen LogP contribution in [0.4, 0.5) is 4.79 Å². The van der Waals surface area contributed by atoms with Crippen LogP contribution in [0.15, 0.2) is 73.3 Å². The molecule has 9 heteroatoms. The van der Waals surface area contributed by atoms with Gasteiger partial charge in [-0.2, -0.15) is 0 Å². The smallest absolute Gasteiger partial charge is 0.408 e. The second-order valence-electron chi connectivity index (χ2n) is 9.75.